The Kier molecular flexibility index (Phi) is 3.79. The van der Waals surface area contributed by atoms with Gasteiger partial charge in [-0.2, -0.15) is 0 Å². The number of ether oxygens (including phenoxy) is 2. The number of para-hydroxylation sites is 1. The quantitative estimate of drug-likeness (QED) is 0.786. The molecule has 0 fully saturated rings. The molecule has 0 aliphatic rings. The van der Waals surface area contributed by atoms with Gasteiger partial charge in [0.25, 0.3) is 0 Å². The van der Waals surface area contributed by atoms with Crippen molar-refractivity contribution in [2.75, 3.05) is 7.11 Å². The summed E-state index contributed by atoms with van der Waals surface area (Å²) in [6.07, 6.45) is 0. The standard InChI is InChI=1S/C17H20O2/c1-17(2,3)13-10-11-15(16(12-13)18-4)19-14-8-6-5-7-9-14/h5-12H,1-4H3. The third-order valence-electron chi connectivity index (χ3n) is 3.00. The van der Waals surface area contributed by atoms with E-state index in [4.69, 9.17) is 9.47 Å². The molecule has 0 spiro atoms. The Bertz CT molecular complexity index is 539. The van der Waals surface area contributed by atoms with Crippen molar-refractivity contribution in [2.24, 2.45) is 0 Å². The van der Waals surface area contributed by atoms with Crippen LogP contribution in [0.25, 0.3) is 0 Å². The lowest BCUT2D eigenvalue weighted by molar-refractivity contribution is 0.377. The fraction of sp³-hybridized carbons (Fsp3) is 0.294. The van der Waals surface area contributed by atoms with Gasteiger partial charge in [-0.15, -0.1) is 0 Å². The van der Waals surface area contributed by atoms with Gasteiger partial charge >= 0.3 is 0 Å². The maximum absolute atomic E-state index is 5.84. The average molecular weight is 256 g/mol. The highest BCUT2D eigenvalue weighted by atomic mass is 16.5. The zero-order valence-corrected chi connectivity index (χ0v) is 11.9. The fourth-order valence-electron chi connectivity index (χ4n) is 1.83. The molecule has 0 unspecified atom stereocenters. The Balaban J connectivity index is 2.32. The molecule has 2 nitrogen and oxygen atoms in total. The molecule has 0 N–H and O–H groups in total. The van der Waals surface area contributed by atoms with Crippen LogP contribution in [0.5, 0.6) is 17.2 Å². The summed E-state index contributed by atoms with van der Waals surface area (Å²) in [4.78, 5) is 0. The maximum atomic E-state index is 5.84. The van der Waals surface area contributed by atoms with Crippen LogP contribution in [0.3, 0.4) is 0 Å². The summed E-state index contributed by atoms with van der Waals surface area (Å²) in [7, 11) is 1.67. The Hall–Kier alpha value is -1.96. The summed E-state index contributed by atoms with van der Waals surface area (Å²) in [6, 6.07) is 15.8. The van der Waals surface area contributed by atoms with Crippen LogP contribution in [0, 0.1) is 0 Å². The van der Waals surface area contributed by atoms with Crippen LogP contribution in [-0.4, -0.2) is 7.11 Å². The monoisotopic (exact) mass is 256 g/mol. The maximum Gasteiger partial charge on any atom is 0.169 e. The highest BCUT2D eigenvalue weighted by molar-refractivity contribution is 5.46. The van der Waals surface area contributed by atoms with Crippen molar-refractivity contribution in [3.05, 3.63) is 54.1 Å². The predicted octanol–water partition coefficient (Wildman–Crippen LogP) is 4.79. The molecule has 2 aromatic rings. The topological polar surface area (TPSA) is 18.5 Å². The minimum absolute atomic E-state index is 0.0958. The van der Waals surface area contributed by atoms with Gasteiger partial charge in [0, 0.05) is 0 Å². The van der Waals surface area contributed by atoms with E-state index >= 15 is 0 Å². The lowest BCUT2D eigenvalue weighted by atomic mass is 9.87. The normalized spacial score (nSPS) is 11.2. The SMILES string of the molecule is COc1cc(C(C)(C)C)ccc1Oc1ccccc1. The second kappa shape index (κ2) is 5.35. The molecule has 0 saturated carbocycles. The summed E-state index contributed by atoms with van der Waals surface area (Å²) >= 11 is 0. The van der Waals surface area contributed by atoms with Crippen molar-refractivity contribution in [3.63, 3.8) is 0 Å². The lowest BCUT2D eigenvalue weighted by Crippen LogP contribution is -2.11. The molecule has 0 amide bonds. The summed E-state index contributed by atoms with van der Waals surface area (Å²) < 4.78 is 11.3. The third-order valence-corrected chi connectivity index (χ3v) is 3.00. The van der Waals surface area contributed by atoms with Gasteiger partial charge in [-0.3, -0.25) is 0 Å². The number of hydrogen-bond donors (Lipinski definition) is 0. The molecule has 0 aliphatic carbocycles. The van der Waals surface area contributed by atoms with E-state index in [1.807, 2.05) is 42.5 Å². The number of hydrogen-bond acceptors (Lipinski definition) is 2. The first kappa shape index (κ1) is 13.5. The van der Waals surface area contributed by atoms with Crippen molar-refractivity contribution >= 4 is 0 Å². The first-order valence-corrected chi connectivity index (χ1v) is 6.42. The Morgan fingerprint density at radius 2 is 1.53 bits per heavy atom. The highest BCUT2D eigenvalue weighted by Crippen LogP contribution is 2.35. The van der Waals surface area contributed by atoms with Gasteiger partial charge in [0.15, 0.2) is 11.5 Å². The van der Waals surface area contributed by atoms with Crippen LogP contribution in [0.4, 0.5) is 0 Å². The number of methoxy groups -OCH3 is 1. The average Bonchev–Trinajstić information content (AvgIpc) is 2.39. The minimum Gasteiger partial charge on any atom is -0.493 e. The molecule has 100 valence electrons. The van der Waals surface area contributed by atoms with Crippen LogP contribution in [0.1, 0.15) is 26.3 Å². The molecule has 0 heterocycles. The summed E-state index contributed by atoms with van der Waals surface area (Å²) in [6.45, 7) is 6.54. The van der Waals surface area contributed by atoms with Crippen LogP contribution in [-0.2, 0) is 5.41 Å². The van der Waals surface area contributed by atoms with E-state index in [1.165, 1.54) is 5.56 Å². The molecule has 0 saturated heterocycles. The molecule has 19 heavy (non-hydrogen) atoms. The van der Waals surface area contributed by atoms with Crippen molar-refractivity contribution < 1.29 is 9.47 Å². The van der Waals surface area contributed by atoms with Crippen molar-refractivity contribution in [3.8, 4) is 17.2 Å². The molecule has 0 aliphatic heterocycles. The van der Waals surface area contributed by atoms with Gasteiger partial charge in [0.2, 0.25) is 0 Å². The Labute approximate surface area is 115 Å². The Morgan fingerprint density at radius 1 is 0.842 bits per heavy atom. The smallest absolute Gasteiger partial charge is 0.169 e. The van der Waals surface area contributed by atoms with Gasteiger partial charge in [-0.05, 0) is 35.2 Å². The van der Waals surface area contributed by atoms with Gasteiger partial charge in [-0.1, -0.05) is 45.0 Å². The van der Waals surface area contributed by atoms with Crippen LogP contribution < -0.4 is 9.47 Å². The lowest BCUT2D eigenvalue weighted by Gasteiger charge is -2.20. The van der Waals surface area contributed by atoms with E-state index < -0.39 is 0 Å². The second-order valence-electron chi connectivity index (χ2n) is 5.53. The zero-order valence-electron chi connectivity index (χ0n) is 11.9. The first-order valence-electron chi connectivity index (χ1n) is 6.42. The summed E-state index contributed by atoms with van der Waals surface area (Å²) in [5.74, 6) is 2.31. The van der Waals surface area contributed by atoms with Crippen molar-refractivity contribution in [1.82, 2.24) is 0 Å². The highest BCUT2D eigenvalue weighted by Gasteiger charge is 2.16. The summed E-state index contributed by atoms with van der Waals surface area (Å²) in [5.41, 5.74) is 1.32. The van der Waals surface area contributed by atoms with E-state index in [9.17, 15) is 0 Å². The molecule has 2 aromatic carbocycles. The van der Waals surface area contributed by atoms with Gasteiger partial charge < -0.3 is 9.47 Å². The van der Waals surface area contributed by atoms with Crippen LogP contribution in [0.2, 0.25) is 0 Å². The molecule has 2 rings (SSSR count). The third kappa shape index (κ3) is 3.28. The first-order chi connectivity index (χ1) is 9.00. The van der Waals surface area contributed by atoms with E-state index in [0.29, 0.717) is 0 Å². The molecule has 0 radical (unpaired) electrons. The molecule has 0 atom stereocenters. The minimum atomic E-state index is 0.0958. The van der Waals surface area contributed by atoms with Gasteiger partial charge in [0.1, 0.15) is 5.75 Å². The van der Waals surface area contributed by atoms with E-state index in [2.05, 4.69) is 26.8 Å². The van der Waals surface area contributed by atoms with Crippen molar-refractivity contribution in [1.29, 1.82) is 0 Å². The number of benzene rings is 2. The predicted molar refractivity (Wildman–Crippen MR) is 78.2 cm³/mol. The van der Waals surface area contributed by atoms with Crippen LogP contribution in [0.15, 0.2) is 48.5 Å². The molecular formula is C17H20O2. The molecular weight excluding hydrogens is 236 g/mol. The van der Waals surface area contributed by atoms with E-state index in [0.717, 1.165) is 17.2 Å². The van der Waals surface area contributed by atoms with Gasteiger partial charge in [0.05, 0.1) is 7.11 Å². The van der Waals surface area contributed by atoms with Crippen molar-refractivity contribution in [2.45, 2.75) is 26.2 Å². The largest absolute Gasteiger partial charge is 0.493 e. The molecule has 2 heteroatoms. The molecule has 0 bridgehead atoms. The fourth-order valence-corrected chi connectivity index (χ4v) is 1.83. The summed E-state index contributed by atoms with van der Waals surface area (Å²) in [5, 5.41) is 0. The Morgan fingerprint density at radius 3 is 2.11 bits per heavy atom. The number of rotatable bonds is 3. The van der Waals surface area contributed by atoms with Gasteiger partial charge in [-0.25, -0.2) is 0 Å². The van der Waals surface area contributed by atoms with E-state index in [-0.39, 0.29) is 5.41 Å². The second-order valence-corrected chi connectivity index (χ2v) is 5.53. The van der Waals surface area contributed by atoms with E-state index in [1.54, 1.807) is 7.11 Å². The van der Waals surface area contributed by atoms with Crippen LogP contribution >= 0.6 is 0 Å². The molecule has 0 aromatic heterocycles. The zero-order chi connectivity index (χ0) is 13.9.